The van der Waals surface area contributed by atoms with Crippen LogP contribution in [0, 0.1) is 5.92 Å². The van der Waals surface area contributed by atoms with Gasteiger partial charge in [-0.05, 0) is 18.4 Å². The van der Waals surface area contributed by atoms with Crippen molar-refractivity contribution in [1.82, 2.24) is 9.55 Å². The lowest BCUT2D eigenvalue weighted by Crippen LogP contribution is -2.11. The predicted molar refractivity (Wildman–Crippen MR) is 85.9 cm³/mol. The minimum Gasteiger partial charge on any atom is -0.383 e. The Labute approximate surface area is 125 Å². The van der Waals surface area contributed by atoms with Crippen LogP contribution in [0.3, 0.4) is 0 Å². The summed E-state index contributed by atoms with van der Waals surface area (Å²) in [4.78, 5) is 4.74. The van der Waals surface area contributed by atoms with Gasteiger partial charge in [0.05, 0.1) is 5.02 Å². The van der Waals surface area contributed by atoms with Gasteiger partial charge < -0.3 is 10.3 Å². The van der Waals surface area contributed by atoms with E-state index in [4.69, 9.17) is 22.3 Å². The maximum absolute atomic E-state index is 6.33. The number of nitrogens with zero attached hydrogens (tertiary/aromatic N) is 2. The maximum atomic E-state index is 6.33. The molecule has 4 heteroatoms. The van der Waals surface area contributed by atoms with Gasteiger partial charge in [0.25, 0.3) is 0 Å². The summed E-state index contributed by atoms with van der Waals surface area (Å²) in [6.45, 7) is 7.41. The van der Waals surface area contributed by atoms with E-state index in [2.05, 4.69) is 25.3 Å². The van der Waals surface area contributed by atoms with E-state index in [1.165, 1.54) is 0 Å². The summed E-state index contributed by atoms with van der Waals surface area (Å²) in [5.74, 6) is 2.30. The molecular weight excluding hydrogens is 270 g/mol. The van der Waals surface area contributed by atoms with Gasteiger partial charge in [0.15, 0.2) is 0 Å². The first-order valence-electron chi connectivity index (χ1n) is 7.14. The first-order valence-corrected chi connectivity index (χ1v) is 7.52. The number of aryl methyl sites for hydroxylation is 1. The Morgan fingerprint density at radius 3 is 2.60 bits per heavy atom. The molecule has 0 saturated carbocycles. The quantitative estimate of drug-likeness (QED) is 0.887. The largest absolute Gasteiger partial charge is 0.383 e. The lowest BCUT2D eigenvalue weighted by Gasteiger charge is -2.12. The molecule has 2 rings (SSSR count). The lowest BCUT2D eigenvalue weighted by molar-refractivity contribution is 0.510. The van der Waals surface area contributed by atoms with Crippen LogP contribution < -0.4 is 5.73 Å². The molecule has 0 fully saturated rings. The van der Waals surface area contributed by atoms with Gasteiger partial charge in [-0.2, -0.15) is 0 Å². The molecule has 0 unspecified atom stereocenters. The number of rotatable bonds is 5. The van der Waals surface area contributed by atoms with E-state index in [0.717, 1.165) is 42.3 Å². The Bertz CT molecular complexity index is 587. The van der Waals surface area contributed by atoms with E-state index in [9.17, 15) is 0 Å². The summed E-state index contributed by atoms with van der Waals surface area (Å²) < 4.78 is 2.13. The van der Waals surface area contributed by atoms with Crippen molar-refractivity contribution < 1.29 is 0 Å². The fraction of sp³-hybridized carbons (Fsp3) is 0.438. The highest BCUT2D eigenvalue weighted by molar-refractivity contribution is 6.33. The van der Waals surface area contributed by atoms with E-state index >= 15 is 0 Å². The average Bonchev–Trinajstić information content (AvgIpc) is 2.68. The van der Waals surface area contributed by atoms with Gasteiger partial charge in [0.2, 0.25) is 0 Å². The van der Waals surface area contributed by atoms with Crippen molar-refractivity contribution >= 4 is 17.4 Å². The van der Waals surface area contributed by atoms with Crippen molar-refractivity contribution in [3.8, 4) is 11.3 Å². The molecule has 0 aliphatic rings. The van der Waals surface area contributed by atoms with Gasteiger partial charge in [0, 0.05) is 18.5 Å². The molecule has 20 heavy (non-hydrogen) atoms. The first kappa shape index (κ1) is 14.9. The summed E-state index contributed by atoms with van der Waals surface area (Å²) in [5, 5.41) is 0.691. The molecular formula is C16H22ClN3. The molecule has 3 nitrogen and oxygen atoms in total. The zero-order chi connectivity index (χ0) is 14.7. The van der Waals surface area contributed by atoms with Crippen molar-refractivity contribution in [2.24, 2.45) is 5.92 Å². The number of anilines is 1. The average molecular weight is 292 g/mol. The van der Waals surface area contributed by atoms with E-state index in [1.54, 1.807) is 0 Å². The number of aromatic nitrogens is 2. The van der Waals surface area contributed by atoms with Crippen molar-refractivity contribution in [2.45, 2.75) is 40.2 Å². The minimum absolute atomic E-state index is 0.529. The summed E-state index contributed by atoms with van der Waals surface area (Å²) in [6.07, 6.45) is 1.98. The van der Waals surface area contributed by atoms with Crippen LogP contribution in [0.25, 0.3) is 11.3 Å². The van der Waals surface area contributed by atoms with Gasteiger partial charge in [0.1, 0.15) is 17.3 Å². The number of halogens is 1. The van der Waals surface area contributed by atoms with E-state index < -0.39 is 0 Å². The van der Waals surface area contributed by atoms with E-state index in [-0.39, 0.29) is 0 Å². The van der Waals surface area contributed by atoms with Crippen LogP contribution in [0.5, 0.6) is 0 Å². The summed E-state index contributed by atoms with van der Waals surface area (Å²) in [7, 11) is 0. The molecule has 1 heterocycles. The van der Waals surface area contributed by atoms with Crippen molar-refractivity contribution in [2.75, 3.05) is 5.73 Å². The molecule has 0 aliphatic carbocycles. The molecule has 108 valence electrons. The van der Waals surface area contributed by atoms with E-state index in [1.807, 2.05) is 24.3 Å². The zero-order valence-corrected chi connectivity index (χ0v) is 13.1. The Kier molecular flexibility index (Phi) is 4.71. The molecule has 0 bridgehead atoms. The second-order valence-corrected chi connectivity index (χ2v) is 5.90. The SMILES string of the molecule is CCCc1nc(-c2ccccc2Cl)c(N)n1CC(C)C. The standard InChI is InChI=1S/C16H22ClN3/c1-4-7-14-19-15(12-8-5-6-9-13(12)17)16(18)20(14)10-11(2)3/h5-6,8-9,11H,4,7,10,18H2,1-3H3. The normalized spacial score (nSPS) is 11.2. The fourth-order valence-corrected chi connectivity index (χ4v) is 2.57. The molecule has 2 N–H and O–H groups in total. The third-order valence-corrected chi connectivity index (χ3v) is 3.57. The summed E-state index contributed by atoms with van der Waals surface area (Å²) >= 11 is 6.27. The smallest absolute Gasteiger partial charge is 0.131 e. The van der Waals surface area contributed by atoms with Gasteiger partial charge in [-0.1, -0.05) is 50.6 Å². The third-order valence-electron chi connectivity index (χ3n) is 3.24. The third kappa shape index (κ3) is 2.98. The Morgan fingerprint density at radius 2 is 2.00 bits per heavy atom. The molecule has 0 spiro atoms. The molecule has 1 aromatic heterocycles. The van der Waals surface area contributed by atoms with Crippen LogP contribution in [-0.2, 0) is 13.0 Å². The second-order valence-electron chi connectivity index (χ2n) is 5.50. The summed E-state index contributed by atoms with van der Waals surface area (Å²) in [5.41, 5.74) is 8.04. The van der Waals surface area contributed by atoms with Gasteiger partial charge in [-0.3, -0.25) is 0 Å². The fourth-order valence-electron chi connectivity index (χ4n) is 2.35. The van der Waals surface area contributed by atoms with Crippen LogP contribution in [-0.4, -0.2) is 9.55 Å². The predicted octanol–water partition coefficient (Wildman–Crippen LogP) is 4.39. The molecule has 0 atom stereocenters. The van der Waals surface area contributed by atoms with Gasteiger partial charge >= 0.3 is 0 Å². The Morgan fingerprint density at radius 1 is 1.30 bits per heavy atom. The van der Waals surface area contributed by atoms with Gasteiger partial charge in [-0.25, -0.2) is 4.98 Å². The first-order chi connectivity index (χ1) is 9.54. The number of imidazole rings is 1. The van der Waals surface area contributed by atoms with Crippen LogP contribution in [0.1, 0.15) is 33.0 Å². The van der Waals surface area contributed by atoms with Crippen LogP contribution in [0.2, 0.25) is 5.02 Å². The number of nitrogen functional groups attached to an aromatic ring is 1. The van der Waals surface area contributed by atoms with Crippen molar-refractivity contribution in [3.63, 3.8) is 0 Å². The highest BCUT2D eigenvalue weighted by atomic mass is 35.5. The number of nitrogens with two attached hydrogens (primary N) is 1. The molecule has 0 radical (unpaired) electrons. The maximum Gasteiger partial charge on any atom is 0.131 e. The molecule has 0 saturated heterocycles. The topological polar surface area (TPSA) is 43.8 Å². The minimum atomic E-state index is 0.529. The summed E-state index contributed by atoms with van der Waals surface area (Å²) in [6, 6.07) is 7.72. The number of benzene rings is 1. The second kappa shape index (κ2) is 6.31. The molecule has 0 amide bonds. The number of hydrogen-bond donors (Lipinski definition) is 1. The van der Waals surface area contributed by atoms with Crippen molar-refractivity contribution in [3.05, 3.63) is 35.1 Å². The lowest BCUT2D eigenvalue weighted by atomic mass is 10.1. The number of hydrogen-bond acceptors (Lipinski definition) is 2. The van der Waals surface area contributed by atoms with Crippen LogP contribution >= 0.6 is 11.6 Å². The molecule has 1 aromatic carbocycles. The van der Waals surface area contributed by atoms with E-state index in [0.29, 0.717) is 10.9 Å². The Balaban J connectivity index is 2.52. The zero-order valence-electron chi connectivity index (χ0n) is 12.4. The highest BCUT2D eigenvalue weighted by Crippen LogP contribution is 2.32. The van der Waals surface area contributed by atoms with Crippen molar-refractivity contribution in [1.29, 1.82) is 0 Å². The monoisotopic (exact) mass is 291 g/mol. The molecule has 2 aromatic rings. The van der Waals surface area contributed by atoms with Gasteiger partial charge in [-0.15, -0.1) is 0 Å². The molecule has 0 aliphatic heterocycles. The van der Waals surface area contributed by atoms with Crippen LogP contribution in [0.4, 0.5) is 5.82 Å². The Hall–Kier alpha value is -1.48. The highest BCUT2D eigenvalue weighted by Gasteiger charge is 2.17. The van der Waals surface area contributed by atoms with Crippen LogP contribution in [0.15, 0.2) is 24.3 Å².